The third kappa shape index (κ3) is 6.13. The Morgan fingerprint density at radius 2 is 0.729 bits per heavy atom. The smallest absolute Gasteiger partial charge is 0.164 e. The molecule has 0 unspecified atom stereocenters. The van der Waals surface area contributed by atoms with Gasteiger partial charge >= 0.3 is 0 Å². The van der Waals surface area contributed by atoms with Crippen LogP contribution in [0.1, 0.15) is 0 Å². The van der Waals surface area contributed by atoms with Crippen LogP contribution >= 0.6 is 0 Å². The summed E-state index contributed by atoms with van der Waals surface area (Å²) in [7, 11) is 0. The van der Waals surface area contributed by atoms with Crippen LogP contribution in [-0.2, 0) is 0 Å². The van der Waals surface area contributed by atoms with Gasteiger partial charge in [0.25, 0.3) is 0 Å². The third-order valence-electron chi connectivity index (χ3n) is 8.33. The van der Waals surface area contributed by atoms with Crippen LogP contribution in [0.3, 0.4) is 0 Å². The highest BCUT2D eigenvalue weighted by molar-refractivity contribution is 5.76. The van der Waals surface area contributed by atoms with Gasteiger partial charge in [-0.15, -0.1) is 0 Å². The molecule has 0 bridgehead atoms. The summed E-state index contributed by atoms with van der Waals surface area (Å²) in [5.41, 5.74) is 11.5. The van der Waals surface area contributed by atoms with Crippen molar-refractivity contribution in [2.75, 3.05) is 0 Å². The molecule has 0 aliphatic carbocycles. The van der Waals surface area contributed by atoms with E-state index in [1.807, 2.05) is 60.8 Å². The van der Waals surface area contributed by atoms with Crippen LogP contribution in [0.25, 0.3) is 78.8 Å². The van der Waals surface area contributed by atoms with E-state index in [0.29, 0.717) is 17.5 Å². The monoisotopic (exact) mass is 615 g/mol. The van der Waals surface area contributed by atoms with E-state index in [9.17, 15) is 0 Å². The van der Waals surface area contributed by atoms with Gasteiger partial charge < -0.3 is 0 Å². The van der Waals surface area contributed by atoms with Crippen molar-refractivity contribution >= 4 is 0 Å². The minimum absolute atomic E-state index is 0.629. The van der Waals surface area contributed by atoms with E-state index < -0.39 is 0 Å². The predicted molar refractivity (Wildman–Crippen MR) is 193 cm³/mol. The van der Waals surface area contributed by atoms with Gasteiger partial charge in [0.2, 0.25) is 0 Å². The van der Waals surface area contributed by atoms with E-state index in [1.54, 1.807) is 12.4 Å². The highest BCUT2D eigenvalue weighted by Crippen LogP contribution is 2.31. The van der Waals surface area contributed by atoms with Gasteiger partial charge in [-0.2, -0.15) is 0 Å². The molecule has 48 heavy (non-hydrogen) atoms. The van der Waals surface area contributed by atoms with Gasteiger partial charge in [0.1, 0.15) is 0 Å². The number of aromatic nitrogens is 5. The number of pyridine rings is 2. The molecule has 8 aromatic rings. The summed E-state index contributed by atoms with van der Waals surface area (Å²) in [5, 5.41) is 0. The third-order valence-corrected chi connectivity index (χ3v) is 8.33. The van der Waals surface area contributed by atoms with Crippen LogP contribution in [0.15, 0.2) is 176 Å². The van der Waals surface area contributed by atoms with Crippen LogP contribution < -0.4 is 0 Å². The highest BCUT2D eigenvalue weighted by Gasteiger charge is 2.13. The molecule has 0 atom stereocenters. The molecule has 5 nitrogen and oxygen atoms in total. The number of benzene rings is 5. The summed E-state index contributed by atoms with van der Waals surface area (Å²) in [4.78, 5) is 23.6. The molecule has 0 aliphatic heterocycles. The first-order valence-electron chi connectivity index (χ1n) is 15.8. The Bertz CT molecular complexity index is 2290. The van der Waals surface area contributed by atoms with Crippen LogP contribution in [0.4, 0.5) is 0 Å². The van der Waals surface area contributed by atoms with Gasteiger partial charge in [-0.05, 0) is 52.1 Å². The van der Waals surface area contributed by atoms with Gasteiger partial charge in [0, 0.05) is 46.4 Å². The van der Waals surface area contributed by atoms with E-state index >= 15 is 0 Å². The number of rotatable bonds is 7. The summed E-state index contributed by atoms with van der Waals surface area (Å²) >= 11 is 0. The second-order valence-corrected chi connectivity index (χ2v) is 11.4. The van der Waals surface area contributed by atoms with Crippen LogP contribution in [0, 0.1) is 0 Å². The number of hydrogen-bond acceptors (Lipinski definition) is 5. The molecule has 0 fully saturated rings. The van der Waals surface area contributed by atoms with Crippen molar-refractivity contribution in [2.45, 2.75) is 0 Å². The molecule has 8 rings (SSSR count). The molecule has 5 heteroatoms. The molecule has 5 aromatic carbocycles. The molecule has 3 aromatic heterocycles. The Balaban J connectivity index is 1.11. The van der Waals surface area contributed by atoms with E-state index in [4.69, 9.17) is 15.0 Å². The molecular weight excluding hydrogens is 587 g/mol. The predicted octanol–water partition coefficient (Wildman–Crippen LogP) is 10.3. The van der Waals surface area contributed by atoms with Gasteiger partial charge in [-0.3, -0.25) is 9.97 Å². The summed E-state index contributed by atoms with van der Waals surface area (Å²) < 4.78 is 0. The highest BCUT2D eigenvalue weighted by atomic mass is 15.0. The molecule has 226 valence electrons. The van der Waals surface area contributed by atoms with E-state index in [1.165, 1.54) is 5.56 Å². The average molecular weight is 616 g/mol. The normalized spacial score (nSPS) is 10.9. The zero-order valence-corrected chi connectivity index (χ0v) is 26.0. The molecule has 3 heterocycles. The maximum atomic E-state index is 4.99. The van der Waals surface area contributed by atoms with E-state index in [-0.39, 0.29) is 0 Å². The molecule has 0 saturated carbocycles. The Morgan fingerprint density at radius 1 is 0.292 bits per heavy atom. The lowest BCUT2D eigenvalue weighted by atomic mass is 9.99. The SMILES string of the molecule is c1ccc(-c2ccc(-c3nc(-c4ccccc4)nc(-c4cccc(-c5ccc(-c6ccc(-c7ccncc7)nc6)cc5)c4)n3)cc2)cc1. The van der Waals surface area contributed by atoms with Crippen molar-refractivity contribution in [2.24, 2.45) is 0 Å². The van der Waals surface area contributed by atoms with Crippen molar-refractivity contribution in [3.63, 3.8) is 0 Å². The lowest BCUT2D eigenvalue weighted by Gasteiger charge is -2.10. The Morgan fingerprint density at radius 3 is 1.33 bits per heavy atom. The maximum absolute atomic E-state index is 4.99. The standard InChI is InChI=1S/C43H29N5/c1-3-8-30(9-4-1)31-18-20-36(21-19-31)42-46-41(35-10-5-2-6-11-35)47-43(48-42)38-13-7-12-37(28-38)32-14-16-33(17-15-32)39-22-23-40(45-29-39)34-24-26-44-27-25-34/h1-29H. The zero-order valence-electron chi connectivity index (χ0n) is 26.0. The first-order valence-corrected chi connectivity index (χ1v) is 15.8. The zero-order chi connectivity index (χ0) is 32.1. The molecular formula is C43H29N5. The van der Waals surface area contributed by atoms with Gasteiger partial charge in [0.05, 0.1) is 5.69 Å². The van der Waals surface area contributed by atoms with Crippen LogP contribution in [-0.4, -0.2) is 24.9 Å². The van der Waals surface area contributed by atoms with Crippen molar-refractivity contribution in [3.8, 4) is 78.8 Å². The quantitative estimate of drug-likeness (QED) is 0.178. The number of hydrogen-bond donors (Lipinski definition) is 0. The summed E-state index contributed by atoms with van der Waals surface area (Å²) in [6.07, 6.45) is 5.49. The first-order chi connectivity index (χ1) is 23.8. The number of nitrogens with zero attached hydrogens (tertiary/aromatic N) is 5. The summed E-state index contributed by atoms with van der Waals surface area (Å²) in [5.74, 6) is 1.91. The summed E-state index contributed by atoms with van der Waals surface area (Å²) in [6.45, 7) is 0. The van der Waals surface area contributed by atoms with E-state index in [0.717, 1.165) is 55.8 Å². The average Bonchev–Trinajstić information content (AvgIpc) is 3.19. The lowest BCUT2D eigenvalue weighted by molar-refractivity contribution is 1.07. The second-order valence-electron chi connectivity index (χ2n) is 11.4. The molecule has 0 amide bonds. The van der Waals surface area contributed by atoms with Crippen LogP contribution in [0.2, 0.25) is 0 Å². The topological polar surface area (TPSA) is 64.5 Å². The fraction of sp³-hybridized carbons (Fsp3) is 0. The molecule has 0 N–H and O–H groups in total. The van der Waals surface area contributed by atoms with Gasteiger partial charge in [0.15, 0.2) is 17.5 Å². The van der Waals surface area contributed by atoms with Crippen molar-refractivity contribution < 1.29 is 0 Å². The fourth-order valence-electron chi connectivity index (χ4n) is 5.74. The van der Waals surface area contributed by atoms with Crippen molar-refractivity contribution in [3.05, 3.63) is 176 Å². The Labute approximate surface area is 279 Å². The lowest BCUT2D eigenvalue weighted by Crippen LogP contribution is -2.00. The fourth-order valence-corrected chi connectivity index (χ4v) is 5.74. The molecule has 0 aliphatic rings. The largest absolute Gasteiger partial charge is 0.265 e. The van der Waals surface area contributed by atoms with Gasteiger partial charge in [-0.25, -0.2) is 15.0 Å². The minimum atomic E-state index is 0.629. The minimum Gasteiger partial charge on any atom is -0.265 e. The van der Waals surface area contributed by atoms with Crippen molar-refractivity contribution in [1.29, 1.82) is 0 Å². The second kappa shape index (κ2) is 13.0. The molecule has 0 spiro atoms. The molecule has 0 saturated heterocycles. The maximum Gasteiger partial charge on any atom is 0.164 e. The molecule has 0 radical (unpaired) electrons. The van der Waals surface area contributed by atoms with Crippen LogP contribution in [0.5, 0.6) is 0 Å². The van der Waals surface area contributed by atoms with Gasteiger partial charge in [-0.1, -0.05) is 133 Å². The van der Waals surface area contributed by atoms with E-state index in [2.05, 4.69) is 113 Å². The summed E-state index contributed by atoms with van der Waals surface area (Å²) in [6, 6.07) is 53.8. The first kappa shape index (κ1) is 28.9. The Hall–Kier alpha value is -6.59. The van der Waals surface area contributed by atoms with Crippen molar-refractivity contribution in [1.82, 2.24) is 24.9 Å². The Kier molecular flexibility index (Phi) is 7.83.